The molecular formula is C8H9NS. The number of hydrogen-bond donors (Lipinski definition) is 0. The van der Waals surface area contributed by atoms with Crippen molar-refractivity contribution in [2.75, 3.05) is 6.26 Å². The van der Waals surface area contributed by atoms with Crippen molar-refractivity contribution in [2.24, 2.45) is 0 Å². The molecule has 1 nitrogen and oxygen atoms in total. The zero-order chi connectivity index (χ0) is 7.40. The quantitative estimate of drug-likeness (QED) is 0.643. The van der Waals surface area contributed by atoms with Crippen LogP contribution in [0.25, 0.3) is 4.91 Å². The Kier molecular flexibility index (Phi) is 2.51. The molecule has 0 bridgehead atoms. The summed E-state index contributed by atoms with van der Waals surface area (Å²) in [6.45, 7) is 3.84. The second-order valence-corrected chi connectivity index (χ2v) is 2.74. The molecule has 2 heteroatoms. The van der Waals surface area contributed by atoms with Crippen molar-refractivity contribution in [3.63, 3.8) is 0 Å². The van der Waals surface area contributed by atoms with Crippen molar-refractivity contribution in [1.29, 1.82) is 0 Å². The fourth-order valence-electron chi connectivity index (χ4n) is 0.632. The van der Waals surface area contributed by atoms with Gasteiger partial charge in [0.05, 0.1) is 5.69 Å². The third-order valence-electron chi connectivity index (χ3n) is 1.20. The summed E-state index contributed by atoms with van der Waals surface area (Å²) in [5.74, 6) is 0. The van der Waals surface area contributed by atoms with Crippen LogP contribution in [-0.2, 0) is 0 Å². The molecule has 1 aromatic heterocycles. The maximum atomic E-state index is 4.13. The maximum absolute atomic E-state index is 4.13. The summed E-state index contributed by atoms with van der Waals surface area (Å²) in [5, 5.41) is 0. The molecule has 0 amide bonds. The van der Waals surface area contributed by atoms with Gasteiger partial charge in [0.2, 0.25) is 0 Å². The molecule has 0 unspecified atom stereocenters. The monoisotopic (exact) mass is 151 g/mol. The first-order chi connectivity index (χ1) is 4.84. The van der Waals surface area contributed by atoms with Gasteiger partial charge in [0.1, 0.15) is 0 Å². The van der Waals surface area contributed by atoms with E-state index in [1.54, 1.807) is 18.0 Å². The standard InChI is InChI=1S/C8H9NS/c1-7(10-2)8-5-3-4-6-9-8/h3-6H,1H2,2H3. The second-order valence-electron chi connectivity index (χ2n) is 1.84. The third-order valence-corrected chi connectivity index (χ3v) is 1.90. The first-order valence-electron chi connectivity index (χ1n) is 2.99. The van der Waals surface area contributed by atoms with Crippen LogP contribution in [0.1, 0.15) is 5.69 Å². The Bertz CT molecular complexity index is 218. The molecule has 0 radical (unpaired) electrons. The predicted octanol–water partition coefficient (Wildman–Crippen LogP) is 2.42. The Labute approximate surface area is 65.2 Å². The zero-order valence-corrected chi connectivity index (χ0v) is 6.69. The fourth-order valence-corrected chi connectivity index (χ4v) is 0.962. The molecule has 52 valence electrons. The molecule has 0 saturated carbocycles. The molecule has 0 saturated heterocycles. The van der Waals surface area contributed by atoms with Crippen molar-refractivity contribution < 1.29 is 0 Å². The summed E-state index contributed by atoms with van der Waals surface area (Å²) >= 11 is 1.62. The van der Waals surface area contributed by atoms with Crippen LogP contribution >= 0.6 is 11.8 Å². The van der Waals surface area contributed by atoms with E-state index < -0.39 is 0 Å². The van der Waals surface area contributed by atoms with Gasteiger partial charge in [-0.25, -0.2) is 0 Å². The second kappa shape index (κ2) is 3.42. The van der Waals surface area contributed by atoms with Crippen molar-refractivity contribution in [3.05, 3.63) is 36.7 Å². The zero-order valence-electron chi connectivity index (χ0n) is 5.87. The lowest BCUT2D eigenvalue weighted by Gasteiger charge is -1.97. The summed E-state index contributed by atoms with van der Waals surface area (Å²) in [6, 6.07) is 5.82. The Morgan fingerprint density at radius 2 is 2.40 bits per heavy atom. The van der Waals surface area contributed by atoms with E-state index in [0.29, 0.717) is 0 Å². The maximum Gasteiger partial charge on any atom is 0.0759 e. The lowest BCUT2D eigenvalue weighted by molar-refractivity contribution is 1.29. The SMILES string of the molecule is C=C(SC)c1ccccn1. The lowest BCUT2D eigenvalue weighted by atomic mass is 10.3. The topological polar surface area (TPSA) is 12.9 Å². The molecule has 10 heavy (non-hydrogen) atoms. The fraction of sp³-hybridized carbons (Fsp3) is 0.125. The molecule has 0 fully saturated rings. The van der Waals surface area contributed by atoms with Gasteiger partial charge >= 0.3 is 0 Å². The summed E-state index contributed by atoms with van der Waals surface area (Å²) < 4.78 is 0. The van der Waals surface area contributed by atoms with Crippen LogP contribution in [0.2, 0.25) is 0 Å². The van der Waals surface area contributed by atoms with Gasteiger partial charge in [-0.1, -0.05) is 12.6 Å². The van der Waals surface area contributed by atoms with E-state index in [9.17, 15) is 0 Å². The molecule has 0 aliphatic heterocycles. The normalized spacial score (nSPS) is 9.30. The van der Waals surface area contributed by atoms with E-state index in [-0.39, 0.29) is 0 Å². The smallest absolute Gasteiger partial charge is 0.0759 e. The molecule has 0 spiro atoms. The van der Waals surface area contributed by atoms with Crippen LogP contribution in [0.5, 0.6) is 0 Å². The van der Waals surface area contributed by atoms with Gasteiger partial charge in [0.25, 0.3) is 0 Å². The molecule has 0 atom stereocenters. The average Bonchev–Trinajstić information content (AvgIpc) is 2.05. The minimum absolute atomic E-state index is 0.968. The molecular weight excluding hydrogens is 142 g/mol. The van der Waals surface area contributed by atoms with Gasteiger partial charge in [-0.3, -0.25) is 4.98 Å². The van der Waals surface area contributed by atoms with Gasteiger partial charge in [-0.15, -0.1) is 11.8 Å². The van der Waals surface area contributed by atoms with E-state index in [1.807, 2.05) is 24.5 Å². The van der Waals surface area contributed by atoms with E-state index in [4.69, 9.17) is 0 Å². The van der Waals surface area contributed by atoms with Crippen molar-refractivity contribution in [1.82, 2.24) is 4.98 Å². The highest BCUT2D eigenvalue weighted by molar-refractivity contribution is 8.07. The summed E-state index contributed by atoms with van der Waals surface area (Å²) in [7, 11) is 0. The summed E-state index contributed by atoms with van der Waals surface area (Å²) in [5.41, 5.74) is 0.968. The minimum atomic E-state index is 0.968. The molecule has 0 aliphatic carbocycles. The molecule has 0 aliphatic rings. The molecule has 0 aromatic carbocycles. The lowest BCUT2D eigenvalue weighted by Crippen LogP contribution is -1.80. The largest absolute Gasteiger partial charge is 0.256 e. The van der Waals surface area contributed by atoms with E-state index >= 15 is 0 Å². The van der Waals surface area contributed by atoms with Gasteiger partial charge < -0.3 is 0 Å². The predicted molar refractivity (Wildman–Crippen MR) is 46.8 cm³/mol. The first-order valence-corrected chi connectivity index (χ1v) is 4.21. The third kappa shape index (κ3) is 1.61. The highest BCUT2D eigenvalue weighted by atomic mass is 32.2. The van der Waals surface area contributed by atoms with Crippen LogP contribution in [0.15, 0.2) is 31.0 Å². The van der Waals surface area contributed by atoms with Crippen LogP contribution in [0.3, 0.4) is 0 Å². The highest BCUT2D eigenvalue weighted by Gasteiger charge is 1.94. The van der Waals surface area contributed by atoms with Crippen LogP contribution in [0.4, 0.5) is 0 Å². The van der Waals surface area contributed by atoms with Crippen LogP contribution < -0.4 is 0 Å². The highest BCUT2D eigenvalue weighted by Crippen LogP contribution is 2.19. The molecule has 1 aromatic rings. The number of aromatic nitrogens is 1. The number of pyridine rings is 1. The Hall–Kier alpha value is -0.760. The van der Waals surface area contributed by atoms with E-state index in [1.165, 1.54) is 0 Å². The Balaban J connectivity index is 2.85. The number of hydrogen-bond acceptors (Lipinski definition) is 2. The number of rotatable bonds is 2. The molecule has 1 heterocycles. The van der Waals surface area contributed by atoms with E-state index in [0.717, 1.165) is 10.6 Å². The Morgan fingerprint density at radius 1 is 1.60 bits per heavy atom. The Morgan fingerprint density at radius 3 is 2.90 bits per heavy atom. The summed E-state index contributed by atoms with van der Waals surface area (Å²) in [4.78, 5) is 5.14. The van der Waals surface area contributed by atoms with Crippen molar-refractivity contribution >= 4 is 16.7 Å². The number of thioether (sulfide) groups is 1. The van der Waals surface area contributed by atoms with Crippen LogP contribution in [-0.4, -0.2) is 11.2 Å². The first kappa shape index (κ1) is 7.35. The minimum Gasteiger partial charge on any atom is -0.256 e. The van der Waals surface area contributed by atoms with Gasteiger partial charge in [0, 0.05) is 11.1 Å². The average molecular weight is 151 g/mol. The van der Waals surface area contributed by atoms with Gasteiger partial charge in [0.15, 0.2) is 0 Å². The van der Waals surface area contributed by atoms with Gasteiger partial charge in [-0.05, 0) is 18.4 Å². The van der Waals surface area contributed by atoms with Crippen molar-refractivity contribution in [2.45, 2.75) is 0 Å². The van der Waals surface area contributed by atoms with Crippen molar-refractivity contribution in [3.8, 4) is 0 Å². The van der Waals surface area contributed by atoms with E-state index in [2.05, 4.69) is 11.6 Å². The molecule has 1 rings (SSSR count). The molecule has 0 N–H and O–H groups in total. The van der Waals surface area contributed by atoms with Gasteiger partial charge in [-0.2, -0.15) is 0 Å². The number of nitrogens with zero attached hydrogens (tertiary/aromatic N) is 1. The van der Waals surface area contributed by atoms with Crippen LogP contribution in [0, 0.1) is 0 Å². The summed E-state index contributed by atoms with van der Waals surface area (Å²) in [6.07, 6.45) is 3.77.